The second kappa shape index (κ2) is 7.25. The summed E-state index contributed by atoms with van der Waals surface area (Å²) in [4.78, 5) is 12.1. The topological polar surface area (TPSA) is 50.4 Å². The molecule has 0 spiro atoms. The molecule has 0 radical (unpaired) electrons. The first kappa shape index (κ1) is 15.5. The predicted molar refractivity (Wildman–Crippen MR) is 86.7 cm³/mol. The molecule has 1 heterocycles. The molecule has 1 aliphatic heterocycles. The van der Waals surface area contributed by atoms with E-state index in [1.54, 1.807) is 0 Å². The molecule has 1 aromatic rings. The van der Waals surface area contributed by atoms with E-state index in [4.69, 9.17) is 4.74 Å². The van der Waals surface area contributed by atoms with Gasteiger partial charge in [0.15, 0.2) is 0 Å². The van der Waals surface area contributed by atoms with Crippen molar-refractivity contribution in [3.05, 3.63) is 35.9 Å². The van der Waals surface area contributed by atoms with Crippen molar-refractivity contribution in [1.82, 2.24) is 10.6 Å². The average Bonchev–Trinajstić information content (AvgIpc) is 2.52. The van der Waals surface area contributed by atoms with Crippen LogP contribution in [0.3, 0.4) is 0 Å². The average molecular weight is 302 g/mol. The molecule has 4 nitrogen and oxygen atoms in total. The highest BCUT2D eigenvalue weighted by Gasteiger charge is 2.37. The number of morpholine rings is 1. The van der Waals surface area contributed by atoms with Gasteiger partial charge < -0.3 is 15.4 Å². The van der Waals surface area contributed by atoms with Crippen molar-refractivity contribution in [2.75, 3.05) is 26.3 Å². The standard InChI is InChI=1S/C18H26N2O2/c21-17(11-16-13-22-10-9-19-16)20-14-18(7-4-8-18)12-15-5-2-1-3-6-15/h1-3,5-6,16,19H,4,7-14H2,(H,20,21). The number of rotatable bonds is 6. The summed E-state index contributed by atoms with van der Waals surface area (Å²) in [6.07, 6.45) is 5.29. The van der Waals surface area contributed by atoms with Crippen molar-refractivity contribution in [2.45, 2.75) is 38.1 Å². The van der Waals surface area contributed by atoms with Gasteiger partial charge in [-0.05, 0) is 30.2 Å². The first-order valence-electron chi connectivity index (χ1n) is 8.38. The normalized spacial score (nSPS) is 23.5. The Bertz CT molecular complexity index is 479. The van der Waals surface area contributed by atoms with Crippen LogP contribution in [-0.2, 0) is 16.0 Å². The largest absolute Gasteiger partial charge is 0.378 e. The minimum atomic E-state index is 0.141. The van der Waals surface area contributed by atoms with Crippen molar-refractivity contribution >= 4 is 5.91 Å². The van der Waals surface area contributed by atoms with Crippen molar-refractivity contribution < 1.29 is 9.53 Å². The van der Waals surface area contributed by atoms with Crippen LogP contribution < -0.4 is 10.6 Å². The number of amides is 1. The molecule has 120 valence electrons. The van der Waals surface area contributed by atoms with E-state index in [0.717, 1.165) is 26.1 Å². The summed E-state index contributed by atoms with van der Waals surface area (Å²) in [5.74, 6) is 0.141. The Kier molecular flexibility index (Phi) is 5.11. The molecule has 22 heavy (non-hydrogen) atoms. The minimum absolute atomic E-state index is 0.141. The molecule has 1 saturated heterocycles. The third kappa shape index (κ3) is 4.08. The van der Waals surface area contributed by atoms with E-state index in [0.29, 0.717) is 13.0 Å². The molecule has 2 N–H and O–H groups in total. The summed E-state index contributed by atoms with van der Waals surface area (Å²) in [5.41, 5.74) is 1.65. The Balaban J connectivity index is 1.47. The summed E-state index contributed by atoms with van der Waals surface area (Å²) in [5, 5.41) is 6.49. The number of benzene rings is 1. The van der Waals surface area contributed by atoms with Gasteiger partial charge in [-0.2, -0.15) is 0 Å². The van der Waals surface area contributed by atoms with Crippen LogP contribution in [0.15, 0.2) is 30.3 Å². The highest BCUT2D eigenvalue weighted by Crippen LogP contribution is 2.43. The molecule has 2 fully saturated rings. The highest BCUT2D eigenvalue weighted by atomic mass is 16.5. The van der Waals surface area contributed by atoms with E-state index in [1.807, 2.05) is 0 Å². The zero-order valence-corrected chi connectivity index (χ0v) is 13.1. The van der Waals surface area contributed by atoms with Gasteiger partial charge in [0.05, 0.1) is 13.2 Å². The van der Waals surface area contributed by atoms with E-state index < -0.39 is 0 Å². The first-order chi connectivity index (χ1) is 10.8. The Labute approximate surface area is 132 Å². The third-order valence-corrected chi connectivity index (χ3v) is 4.93. The van der Waals surface area contributed by atoms with Gasteiger partial charge in [-0.15, -0.1) is 0 Å². The van der Waals surface area contributed by atoms with Gasteiger partial charge in [-0.25, -0.2) is 0 Å². The first-order valence-corrected chi connectivity index (χ1v) is 8.38. The number of carbonyl (C=O) groups is 1. The van der Waals surface area contributed by atoms with Crippen LogP contribution in [0.1, 0.15) is 31.2 Å². The van der Waals surface area contributed by atoms with Crippen molar-refractivity contribution in [2.24, 2.45) is 5.41 Å². The molecule has 1 aliphatic carbocycles. The van der Waals surface area contributed by atoms with Crippen LogP contribution in [0, 0.1) is 5.41 Å². The molecular weight excluding hydrogens is 276 g/mol. The van der Waals surface area contributed by atoms with Gasteiger partial charge in [0.2, 0.25) is 5.91 Å². The number of carbonyl (C=O) groups excluding carboxylic acids is 1. The van der Waals surface area contributed by atoms with Gasteiger partial charge >= 0.3 is 0 Å². The molecule has 1 atom stereocenters. The van der Waals surface area contributed by atoms with E-state index in [9.17, 15) is 4.79 Å². The van der Waals surface area contributed by atoms with E-state index in [2.05, 4.69) is 41.0 Å². The molecule has 1 saturated carbocycles. The molecule has 3 rings (SSSR count). The number of ether oxygens (including phenoxy) is 1. The summed E-state index contributed by atoms with van der Waals surface area (Å²) in [6, 6.07) is 10.8. The maximum atomic E-state index is 12.1. The van der Waals surface area contributed by atoms with Gasteiger partial charge in [0, 0.05) is 25.6 Å². The SMILES string of the molecule is O=C(CC1COCCN1)NCC1(Cc2ccccc2)CCC1. The Morgan fingerprint density at radius 1 is 1.32 bits per heavy atom. The van der Waals surface area contributed by atoms with Crippen LogP contribution in [-0.4, -0.2) is 38.3 Å². The lowest BCUT2D eigenvalue weighted by Gasteiger charge is -2.42. The molecule has 0 aromatic heterocycles. The summed E-state index contributed by atoms with van der Waals surface area (Å²) in [7, 11) is 0. The van der Waals surface area contributed by atoms with Crippen LogP contribution >= 0.6 is 0 Å². The molecule has 1 amide bonds. The van der Waals surface area contributed by atoms with Crippen molar-refractivity contribution in [1.29, 1.82) is 0 Å². The molecule has 0 bridgehead atoms. The molecular formula is C18H26N2O2. The summed E-state index contributed by atoms with van der Waals surface area (Å²) in [6.45, 7) is 3.03. The lowest BCUT2D eigenvalue weighted by molar-refractivity contribution is -0.123. The lowest BCUT2D eigenvalue weighted by atomic mass is 9.65. The predicted octanol–water partition coefficient (Wildman–Crippen LogP) is 1.89. The van der Waals surface area contributed by atoms with E-state index in [1.165, 1.54) is 24.8 Å². The Morgan fingerprint density at radius 3 is 2.77 bits per heavy atom. The van der Waals surface area contributed by atoms with Crippen molar-refractivity contribution in [3.8, 4) is 0 Å². The van der Waals surface area contributed by atoms with E-state index in [-0.39, 0.29) is 17.4 Å². The number of hydrogen-bond donors (Lipinski definition) is 2. The lowest BCUT2D eigenvalue weighted by Crippen LogP contribution is -2.47. The zero-order chi connectivity index (χ0) is 15.3. The fourth-order valence-electron chi connectivity index (χ4n) is 3.45. The smallest absolute Gasteiger partial charge is 0.221 e. The fourth-order valence-corrected chi connectivity index (χ4v) is 3.45. The van der Waals surface area contributed by atoms with Gasteiger partial charge in [0.25, 0.3) is 0 Å². The number of nitrogens with one attached hydrogen (secondary N) is 2. The molecule has 1 unspecified atom stereocenters. The van der Waals surface area contributed by atoms with E-state index >= 15 is 0 Å². The second-order valence-electron chi connectivity index (χ2n) is 6.72. The molecule has 2 aliphatic rings. The maximum Gasteiger partial charge on any atom is 0.221 e. The quantitative estimate of drug-likeness (QED) is 0.844. The zero-order valence-electron chi connectivity index (χ0n) is 13.1. The highest BCUT2D eigenvalue weighted by molar-refractivity contribution is 5.76. The van der Waals surface area contributed by atoms with Gasteiger partial charge in [0.1, 0.15) is 0 Å². The van der Waals surface area contributed by atoms with Crippen LogP contribution in [0.2, 0.25) is 0 Å². The summed E-state index contributed by atoms with van der Waals surface area (Å²) >= 11 is 0. The second-order valence-corrected chi connectivity index (χ2v) is 6.72. The van der Waals surface area contributed by atoms with Crippen molar-refractivity contribution in [3.63, 3.8) is 0 Å². The van der Waals surface area contributed by atoms with Gasteiger partial charge in [-0.3, -0.25) is 4.79 Å². The van der Waals surface area contributed by atoms with Crippen LogP contribution in [0.25, 0.3) is 0 Å². The summed E-state index contributed by atoms with van der Waals surface area (Å²) < 4.78 is 5.40. The molecule has 1 aromatic carbocycles. The van der Waals surface area contributed by atoms with Crippen LogP contribution in [0.5, 0.6) is 0 Å². The third-order valence-electron chi connectivity index (χ3n) is 4.93. The van der Waals surface area contributed by atoms with Crippen LogP contribution in [0.4, 0.5) is 0 Å². The monoisotopic (exact) mass is 302 g/mol. The fraction of sp³-hybridized carbons (Fsp3) is 0.611. The molecule has 4 heteroatoms. The maximum absolute atomic E-state index is 12.1. The minimum Gasteiger partial charge on any atom is -0.378 e. The number of hydrogen-bond acceptors (Lipinski definition) is 3. The van der Waals surface area contributed by atoms with Gasteiger partial charge in [-0.1, -0.05) is 36.8 Å². The Morgan fingerprint density at radius 2 is 2.14 bits per heavy atom. The Hall–Kier alpha value is -1.39.